The summed E-state index contributed by atoms with van der Waals surface area (Å²) in [5.74, 6) is -2.30. The summed E-state index contributed by atoms with van der Waals surface area (Å²) in [4.78, 5) is 49.0. The summed E-state index contributed by atoms with van der Waals surface area (Å²) in [5.41, 5.74) is -1.20. The molecule has 24 heavy (non-hydrogen) atoms. The predicted octanol–water partition coefficient (Wildman–Crippen LogP) is 0.181. The molecule has 2 aliphatic heterocycles. The van der Waals surface area contributed by atoms with E-state index in [0.717, 1.165) is 11.8 Å². The van der Waals surface area contributed by atoms with E-state index in [1.807, 2.05) is 0 Å². The van der Waals surface area contributed by atoms with E-state index >= 15 is 0 Å². The normalized spacial score (nSPS) is 25.5. The van der Waals surface area contributed by atoms with E-state index in [1.54, 1.807) is 24.3 Å². The lowest BCUT2D eigenvalue weighted by molar-refractivity contribution is -0.169. The van der Waals surface area contributed by atoms with Crippen LogP contribution in [0.2, 0.25) is 0 Å². The van der Waals surface area contributed by atoms with Crippen LogP contribution in [0.25, 0.3) is 0 Å². The molecule has 0 saturated carbocycles. The van der Waals surface area contributed by atoms with Gasteiger partial charge in [0.1, 0.15) is 5.75 Å². The maximum Gasteiger partial charge on any atom is 0.311 e. The molecule has 126 valence electrons. The first-order chi connectivity index (χ1) is 11.4. The van der Waals surface area contributed by atoms with Gasteiger partial charge in [-0.15, -0.1) is 0 Å². The summed E-state index contributed by atoms with van der Waals surface area (Å²) in [6.07, 6.45) is -1.87. The second-order valence-corrected chi connectivity index (χ2v) is 5.61. The maximum absolute atomic E-state index is 12.7. The minimum Gasteiger partial charge on any atom is -0.497 e. The Balaban J connectivity index is 1.88. The van der Waals surface area contributed by atoms with Gasteiger partial charge < -0.3 is 14.2 Å². The Kier molecular flexibility index (Phi) is 3.75. The van der Waals surface area contributed by atoms with Crippen LogP contribution < -0.4 is 4.74 Å². The molecule has 0 spiro atoms. The summed E-state index contributed by atoms with van der Waals surface area (Å²) in [6.45, 7) is 1.09. The molecule has 0 aromatic heterocycles. The number of fused-ring (bicyclic) bond motifs is 1. The summed E-state index contributed by atoms with van der Waals surface area (Å²) in [7, 11) is 1.53. The lowest BCUT2D eigenvalue weighted by Gasteiger charge is -2.22. The summed E-state index contributed by atoms with van der Waals surface area (Å²) >= 11 is 0. The second kappa shape index (κ2) is 5.63. The van der Waals surface area contributed by atoms with Crippen molar-refractivity contribution < 1.29 is 33.4 Å². The predicted molar refractivity (Wildman–Crippen MR) is 77.5 cm³/mol. The molecule has 0 radical (unpaired) electrons. The Bertz CT molecular complexity index is 726. The van der Waals surface area contributed by atoms with Crippen molar-refractivity contribution in [1.82, 2.24) is 4.90 Å². The van der Waals surface area contributed by atoms with E-state index in [2.05, 4.69) is 0 Å². The van der Waals surface area contributed by atoms with Crippen LogP contribution in [0.4, 0.5) is 0 Å². The average molecular weight is 333 g/mol. The zero-order valence-corrected chi connectivity index (χ0v) is 13.1. The molecule has 2 heterocycles. The fraction of sp³-hybridized carbons (Fsp3) is 0.375. The average Bonchev–Trinajstić information content (AvgIpc) is 2.95. The number of benzene rings is 1. The van der Waals surface area contributed by atoms with Crippen LogP contribution in [-0.4, -0.2) is 47.5 Å². The molecule has 2 atom stereocenters. The van der Waals surface area contributed by atoms with Gasteiger partial charge in [0, 0.05) is 6.92 Å². The monoisotopic (exact) mass is 333 g/mol. The van der Waals surface area contributed by atoms with Crippen molar-refractivity contribution in [3.63, 3.8) is 0 Å². The van der Waals surface area contributed by atoms with Crippen molar-refractivity contribution in [2.75, 3.05) is 7.11 Å². The van der Waals surface area contributed by atoms with E-state index < -0.39 is 41.9 Å². The number of ether oxygens (including phenoxy) is 3. The SMILES string of the molecule is COc1ccc(CN2C(=O)[C@H]3OC(=O)C[C@]3(OC(C)=O)C2=O)cc1. The molecule has 8 nitrogen and oxygen atoms in total. The molecule has 2 saturated heterocycles. The lowest BCUT2D eigenvalue weighted by Crippen LogP contribution is -2.46. The van der Waals surface area contributed by atoms with Crippen molar-refractivity contribution >= 4 is 23.8 Å². The number of esters is 2. The van der Waals surface area contributed by atoms with Crippen LogP contribution in [0, 0.1) is 0 Å². The smallest absolute Gasteiger partial charge is 0.311 e. The van der Waals surface area contributed by atoms with Crippen LogP contribution >= 0.6 is 0 Å². The number of hydrogen-bond acceptors (Lipinski definition) is 7. The van der Waals surface area contributed by atoms with Gasteiger partial charge in [-0.3, -0.25) is 24.1 Å². The van der Waals surface area contributed by atoms with E-state index in [-0.39, 0.29) is 6.54 Å². The number of methoxy groups -OCH3 is 1. The van der Waals surface area contributed by atoms with Gasteiger partial charge in [-0.25, -0.2) is 0 Å². The van der Waals surface area contributed by atoms with Crippen molar-refractivity contribution in [3.05, 3.63) is 29.8 Å². The largest absolute Gasteiger partial charge is 0.497 e. The van der Waals surface area contributed by atoms with Crippen LogP contribution in [0.5, 0.6) is 5.75 Å². The third-order valence-electron chi connectivity index (χ3n) is 4.00. The van der Waals surface area contributed by atoms with Gasteiger partial charge in [0.2, 0.25) is 11.7 Å². The molecule has 2 amide bonds. The number of nitrogens with zero attached hydrogens (tertiary/aromatic N) is 1. The Morgan fingerprint density at radius 3 is 2.54 bits per heavy atom. The quantitative estimate of drug-likeness (QED) is 0.572. The van der Waals surface area contributed by atoms with Crippen molar-refractivity contribution in [2.24, 2.45) is 0 Å². The Hall–Kier alpha value is -2.90. The fourth-order valence-corrected chi connectivity index (χ4v) is 2.94. The van der Waals surface area contributed by atoms with E-state index in [1.165, 1.54) is 7.11 Å². The fourth-order valence-electron chi connectivity index (χ4n) is 2.94. The number of amides is 2. The van der Waals surface area contributed by atoms with E-state index in [0.29, 0.717) is 11.3 Å². The molecule has 1 aromatic carbocycles. The number of carbonyl (C=O) groups is 4. The third-order valence-corrected chi connectivity index (χ3v) is 4.00. The topological polar surface area (TPSA) is 99.2 Å². The highest BCUT2D eigenvalue weighted by Gasteiger charge is 2.69. The van der Waals surface area contributed by atoms with E-state index in [9.17, 15) is 19.2 Å². The highest BCUT2D eigenvalue weighted by Crippen LogP contribution is 2.40. The molecule has 3 rings (SSSR count). The van der Waals surface area contributed by atoms with Crippen molar-refractivity contribution in [3.8, 4) is 5.75 Å². The van der Waals surface area contributed by atoms with E-state index in [4.69, 9.17) is 14.2 Å². The van der Waals surface area contributed by atoms with Gasteiger partial charge >= 0.3 is 11.9 Å². The van der Waals surface area contributed by atoms with Gasteiger partial charge in [-0.05, 0) is 17.7 Å². The Morgan fingerprint density at radius 2 is 1.96 bits per heavy atom. The first-order valence-electron chi connectivity index (χ1n) is 7.25. The molecule has 1 aromatic rings. The number of carbonyl (C=O) groups excluding carboxylic acids is 4. The highest BCUT2D eigenvalue weighted by atomic mass is 16.6. The van der Waals surface area contributed by atoms with Gasteiger partial charge in [0.25, 0.3) is 11.8 Å². The van der Waals surface area contributed by atoms with Crippen LogP contribution in [-0.2, 0) is 35.2 Å². The molecule has 0 aliphatic carbocycles. The lowest BCUT2D eigenvalue weighted by atomic mass is 9.97. The van der Waals surface area contributed by atoms with Crippen molar-refractivity contribution in [1.29, 1.82) is 0 Å². The summed E-state index contributed by atoms with van der Waals surface area (Å²) in [5, 5.41) is 0. The second-order valence-electron chi connectivity index (χ2n) is 5.61. The zero-order chi connectivity index (χ0) is 17.5. The minimum atomic E-state index is -1.88. The van der Waals surface area contributed by atoms with Crippen LogP contribution in [0.3, 0.4) is 0 Å². The Labute approximate surface area is 137 Å². The van der Waals surface area contributed by atoms with Crippen molar-refractivity contribution in [2.45, 2.75) is 31.6 Å². The number of likely N-dealkylation sites (tertiary alicyclic amines) is 1. The molecular formula is C16H15NO7. The first-order valence-corrected chi connectivity index (χ1v) is 7.25. The Morgan fingerprint density at radius 1 is 1.29 bits per heavy atom. The zero-order valence-electron chi connectivity index (χ0n) is 13.1. The molecule has 2 aliphatic rings. The summed E-state index contributed by atoms with van der Waals surface area (Å²) in [6, 6.07) is 6.81. The van der Waals surface area contributed by atoms with Crippen LogP contribution in [0.15, 0.2) is 24.3 Å². The standard InChI is InChI=1S/C16H15NO7/c1-9(18)24-16-7-12(19)23-13(16)14(20)17(15(16)21)8-10-3-5-11(22-2)6-4-10/h3-6,13H,7-8H2,1-2H3/t13-,16-/m1/s1. The van der Waals surface area contributed by atoms with Crippen LogP contribution in [0.1, 0.15) is 18.9 Å². The molecule has 2 fully saturated rings. The maximum atomic E-state index is 12.7. The van der Waals surface area contributed by atoms with Gasteiger partial charge in [-0.2, -0.15) is 0 Å². The molecule has 8 heteroatoms. The number of rotatable bonds is 4. The molecular weight excluding hydrogens is 318 g/mol. The number of imide groups is 1. The van der Waals surface area contributed by atoms with Gasteiger partial charge in [0.15, 0.2) is 0 Å². The molecule has 0 bridgehead atoms. The minimum absolute atomic E-state index is 0.0152. The van der Waals surface area contributed by atoms with Gasteiger partial charge in [-0.1, -0.05) is 12.1 Å². The van der Waals surface area contributed by atoms with Gasteiger partial charge in [0.05, 0.1) is 20.1 Å². The third kappa shape index (κ3) is 2.40. The summed E-state index contributed by atoms with van der Waals surface area (Å²) < 4.78 is 15.0. The molecule has 0 N–H and O–H groups in total. The number of hydrogen-bond donors (Lipinski definition) is 0. The highest BCUT2D eigenvalue weighted by molar-refractivity contribution is 6.14. The first kappa shape index (κ1) is 16.0. The molecule has 0 unspecified atom stereocenters.